The first kappa shape index (κ1) is 14.0. The minimum absolute atomic E-state index is 0.101. The van der Waals surface area contributed by atoms with Crippen molar-refractivity contribution in [3.63, 3.8) is 0 Å². The Balaban J connectivity index is 1.91. The maximum absolute atomic E-state index is 11.1. The van der Waals surface area contributed by atoms with Crippen molar-refractivity contribution in [1.29, 1.82) is 0 Å². The summed E-state index contributed by atoms with van der Waals surface area (Å²) in [5, 5.41) is 6.42. The Labute approximate surface area is 116 Å². The van der Waals surface area contributed by atoms with Crippen molar-refractivity contribution >= 4 is 23.3 Å². The van der Waals surface area contributed by atoms with E-state index in [1.807, 2.05) is 6.92 Å². The summed E-state index contributed by atoms with van der Waals surface area (Å²) in [6.45, 7) is 3.48. The highest BCUT2D eigenvalue weighted by atomic mass is 35.5. The number of ether oxygens (including phenoxy) is 1. The van der Waals surface area contributed by atoms with Crippen LogP contribution in [0, 0.1) is 0 Å². The molecule has 1 amide bonds. The van der Waals surface area contributed by atoms with Gasteiger partial charge in [-0.1, -0.05) is 11.6 Å². The molecule has 104 valence electrons. The van der Waals surface area contributed by atoms with Crippen molar-refractivity contribution in [2.45, 2.75) is 32.4 Å². The number of halogens is 1. The lowest BCUT2D eigenvalue weighted by Gasteiger charge is -2.12. The van der Waals surface area contributed by atoms with Gasteiger partial charge in [0.1, 0.15) is 17.6 Å². The summed E-state index contributed by atoms with van der Waals surface area (Å²) in [7, 11) is 0. The molecule has 19 heavy (non-hydrogen) atoms. The fourth-order valence-corrected chi connectivity index (χ4v) is 2.07. The summed E-state index contributed by atoms with van der Waals surface area (Å²) in [4.78, 5) is 19.5. The number of nitrogens with one attached hydrogen (secondary N) is 2. The summed E-state index contributed by atoms with van der Waals surface area (Å²) in [5.41, 5.74) is 0. The van der Waals surface area contributed by atoms with Crippen molar-refractivity contribution in [3.05, 3.63) is 17.0 Å². The van der Waals surface area contributed by atoms with Crippen molar-refractivity contribution in [3.8, 4) is 0 Å². The van der Waals surface area contributed by atoms with E-state index >= 15 is 0 Å². The Morgan fingerprint density at radius 3 is 3.11 bits per heavy atom. The van der Waals surface area contributed by atoms with Gasteiger partial charge in [0.25, 0.3) is 0 Å². The van der Waals surface area contributed by atoms with E-state index in [1.165, 1.54) is 0 Å². The van der Waals surface area contributed by atoms with Crippen LogP contribution in [0.5, 0.6) is 0 Å². The minimum Gasteiger partial charge on any atom is -0.374 e. The molecule has 1 atom stereocenters. The zero-order valence-electron chi connectivity index (χ0n) is 10.8. The molecule has 1 fully saturated rings. The van der Waals surface area contributed by atoms with Gasteiger partial charge in [-0.05, 0) is 13.3 Å². The van der Waals surface area contributed by atoms with Crippen LogP contribution in [-0.4, -0.2) is 35.1 Å². The van der Waals surface area contributed by atoms with Gasteiger partial charge in [0.2, 0.25) is 5.91 Å². The summed E-state index contributed by atoms with van der Waals surface area (Å²) in [6, 6.07) is 1.81. The molecule has 1 aromatic heterocycles. The molecule has 1 aliphatic heterocycles. The molecule has 7 heteroatoms. The molecule has 6 nitrogen and oxygen atoms in total. The molecular formula is C12H17ClN4O2. The van der Waals surface area contributed by atoms with Gasteiger partial charge >= 0.3 is 0 Å². The molecular weight excluding hydrogens is 268 g/mol. The smallest absolute Gasteiger partial charge is 0.220 e. The SMILES string of the molecule is CCOCc1nc(Cl)cc(NCC2CCC(=O)N2)n1. The molecule has 1 saturated heterocycles. The lowest BCUT2D eigenvalue weighted by molar-refractivity contribution is -0.119. The lowest BCUT2D eigenvalue weighted by Crippen LogP contribution is -2.32. The van der Waals surface area contributed by atoms with Gasteiger partial charge in [-0.2, -0.15) is 0 Å². The average Bonchev–Trinajstić information content (AvgIpc) is 2.79. The maximum atomic E-state index is 11.1. The normalized spacial score (nSPS) is 18.4. The number of hydrogen-bond acceptors (Lipinski definition) is 5. The third kappa shape index (κ3) is 4.33. The predicted molar refractivity (Wildman–Crippen MR) is 72.0 cm³/mol. The number of hydrogen-bond donors (Lipinski definition) is 2. The maximum Gasteiger partial charge on any atom is 0.220 e. The summed E-state index contributed by atoms with van der Waals surface area (Å²) >= 11 is 5.93. The molecule has 0 spiro atoms. The first-order valence-corrected chi connectivity index (χ1v) is 6.69. The van der Waals surface area contributed by atoms with Gasteiger partial charge in [0.05, 0.1) is 0 Å². The number of amides is 1. The molecule has 0 bridgehead atoms. The van der Waals surface area contributed by atoms with E-state index in [9.17, 15) is 4.79 Å². The highest BCUT2D eigenvalue weighted by molar-refractivity contribution is 6.29. The number of aromatic nitrogens is 2. The fraction of sp³-hybridized carbons (Fsp3) is 0.583. The Morgan fingerprint density at radius 1 is 1.58 bits per heavy atom. The van der Waals surface area contributed by atoms with Crippen LogP contribution >= 0.6 is 11.6 Å². The molecule has 0 saturated carbocycles. The van der Waals surface area contributed by atoms with Gasteiger partial charge < -0.3 is 15.4 Å². The van der Waals surface area contributed by atoms with E-state index in [0.29, 0.717) is 43.0 Å². The van der Waals surface area contributed by atoms with Crippen LogP contribution < -0.4 is 10.6 Å². The predicted octanol–water partition coefficient (Wildman–Crippen LogP) is 1.36. The number of carbonyl (C=O) groups is 1. The zero-order valence-corrected chi connectivity index (χ0v) is 11.5. The molecule has 1 aliphatic rings. The van der Waals surface area contributed by atoms with Gasteiger partial charge in [-0.15, -0.1) is 0 Å². The third-order valence-electron chi connectivity index (χ3n) is 2.79. The second-order valence-corrected chi connectivity index (χ2v) is 4.70. The number of anilines is 1. The second-order valence-electron chi connectivity index (χ2n) is 4.31. The van der Waals surface area contributed by atoms with Crippen LogP contribution in [0.25, 0.3) is 0 Å². The highest BCUT2D eigenvalue weighted by Gasteiger charge is 2.20. The zero-order chi connectivity index (χ0) is 13.7. The monoisotopic (exact) mass is 284 g/mol. The molecule has 0 aromatic carbocycles. The number of carbonyl (C=O) groups excluding carboxylic acids is 1. The van der Waals surface area contributed by atoms with Crippen molar-refractivity contribution < 1.29 is 9.53 Å². The standard InChI is InChI=1S/C12H17ClN4O2/c1-2-19-7-11-16-9(13)5-10(17-11)14-6-8-3-4-12(18)15-8/h5,8H,2-4,6-7H2,1H3,(H,15,18)(H,14,16,17). The van der Waals surface area contributed by atoms with Crippen LogP contribution in [0.4, 0.5) is 5.82 Å². The largest absolute Gasteiger partial charge is 0.374 e. The van der Waals surface area contributed by atoms with E-state index in [2.05, 4.69) is 20.6 Å². The van der Waals surface area contributed by atoms with Gasteiger partial charge in [-0.25, -0.2) is 9.97 Å². The molecule has 1 unspecified atom stereocenters. The minimum atomic E-state index is 0.101. The lowest BCUT2D eigenvalue weighted by atomic mass is 10.2. The third-order valence-corrected chi connectivity index (χ3v) is 2.98. The first-order valence-electron chi connectivity index (χ1n) is 6.32. The topological polar surface area (TPSA) is 76.1 Å². The Morgan fingerprint density at radius 2 is 2.42 bits per heavy atom. The Kier molecular flexibility index (Phi) is 4.93. The number of rotatable bonds is 6. The van der Waals surface area contributed by atoms with Crippen molar-refractivity contribution in [2.24, 2.45) is 0 Å². The van der Waals surface area contributed by atoms with Crippen molar-refractivity contribution in [1.82, 2.24) is 15.3 Å². The second kappa shape index (κ2) is 6.68. The molecule has 1 aromatic rings. The quantitative estimate of drug-likeness (QED) is 0.772. The molecule has 2 rings (SSSR count). The summed E-state index contributed by atoms with van der Waals surface area (Å²) < 4.78 is 5.25. The van der Waals surface area contributed by atoms with E-state index in [4.69, 9.17) is 16.3 Å². The van der Waals surface area contributed by atoms with Crippen molar-refractivity contribution in [2.75, 3.05) is 18.5 Å². The van der Waals surface area contributed by atoms with Crippen LogP contribution in [0.1, 0.15) is 25.6 Å². The van der Waals surface area contributed by atoms with Crippen LogP contribution in [0.15, 0.2) is 6.07 Å². The highest BCUT2D eigenvalue weighted by Crippen LogP contribution is 2.13. The van der Waals surface area contributed by atoms with Crippen LogP contribution in [-0.2, 0) is 16.1 Å². The fourth-order valence-electron chi connectivity index (χ4n) is 1.87. The Bertz CT molecular complexity index is 455. The first-order chi connectivity index (χ1) is 9.17. The molecule has 0 aliphatic carbocycles. The molecule has 2 heterocycles. The van der Waals surface area contributed by atoms with E-state index in [0.717, 1.165) is 6.42 Å². The van der Waals surface area contributed by atoms with E-state index in [-0.39, 0.29) is 11.9 Å². The molecule has 2 N–H and O–H groups in total. The van der Waals surface area contributed by atoms with Gasteiger partial charge in [0.15, 0.2) is 5.82 Å². The van der Waals surface area contributed by atoms with Gasteiger partial charge in [-0.3, -0.25) is 4.79 Å². The van der Waals surface area contributed by atoms with Crippen LogP contribution in [0.2, 0.25) is 5.15 Å². The van der Waals surface area contributed by atoms with Crippen LogP contribution in [0.3, 0.4) is 0 Å². The van der Waals surface area contributed by atoms with Gasteiger partial charge in [0, 0.05) is 31.7 Å². The van der Waals surface area contributed by atoms with E-state index in [1.54, 1.807) is 6.07 Å². The Hall–Kier alpha value is -1.40. The molecule has 0 radical (unpaired) electrons. The average molecular weight is 285 g/mol. The number of nitrogens with zero attached hydrogens (tertiary/aromatic N) is 2. The summed E-state index contributed by atoms with van der Waals surface area (Å²) in [6.07, 6.45) is 1.43. The van der Waals surface area contributed by atoms with E-state index < -0.39 is 0 Å². The summed E-state index contributed by atoms with van der Waals surface area (Å²) in [5.74, 6) is 1.30.